The molecule has 2 heterocycles. The Morgan fingerprint density at radius 2 is 2.08 bits per heavy atom. The van der Waals surface area contributed by atoms with E-state index in [1.54, 1.807) is 6.20 Å². The highest BCUT2D eigenvalue weighted by molar-refractivity contribution is 7.98. The molecular weight excluding hydrogens is 324 g/mol. The van der Waals surface area contributed by atoms with Crippen LogP contribution in [-0.4, -0.2) is 45.0 Å². The molecule has 1 amide bonds. The van der Waals surface area contributed by atoms with E-state index in [0.29, 0.717) is 19.5 Å². The maximum Gasteiger partial charge on any atom is 0.220 e. The Bertz CT molecular complexity index is 672. The number of hydrogen-bond donors (Lipinski definition) is 2. The molecule has 0 bridgehead atoms. The van der Waals surface area contributed by atoms with Gasteiger partial charge < -0.3 is 10.6 Å². The molecule has 2 rings (SSSR count). The molecule has 2 aromatic rings. The highest BCUT2D eigenvalue weighted by atomic mass is 32.2. The topological polar surface area (TPSA) is 84.7 Å². The van der Waals surface area contributed by atoms with E-state index in [4.69, 9.17) is 0 Å². The van der Waals surface area contributed by atoms with Crippen LogP contribution in [0, 0.1) is 0 Å². The van der Waals surface area contributed by atoms with E-state index in [2.05, 4.69) is 39.5 Å². The molecule has 0 aliphatic rings. The smallest absolute Gasteiger partial charge is 0.220 e. The van der Waals surface area contributed by atoms with Gasteiger partial charge in [0.25, 0.3) is 0 Å². The number of carbonyl (C=O) groups excluding carboxylic acids is 1. The third-order valence-corrected chi connectivity index (χ3v) is 4.15. The number of rotatable bonds is 10. The maximum atomic E-state index is 11.7. The Morgan fingerprint density at radius 1 is 1.25 bits per heavy atom. The van der Waals surface area contributed by atoms with Gasteiger partial charge in [-0.25, -0.2) is 14.6 Å². The minimum absolute atomic E-state index is 0.0954. The van der Waals surface area contributed by atoms with E-state index in [1.165, 1.54) is 11.8 Å². The van der Waals surface area contributed by atoms with E-state index >= 15 is 0 Å². The van der Waals surface area contributed by atoms with E-state index in [-0.39, 0.29) is 5.91 Å². The van der Waals surface area contributed by atoms with Crippen LogP contribution in [0.15, 0.2) is 11.4 Å². The quantitative estimate of drug-likeness (QED) is 0.506. The van der Waals surface area contributed by atoms with Gasteiger partial charge in [0.1, 0.15) is 5.82 Å². The number of hydrogen-bond acceptors (Lipinski definition) is 6. The van der Waals surface area contributed by atoms with Crippen molar-refractivity contribution in [1.82, 2.24) is 25.1 Å². The largest absolute Gasteiger partial charge is 0.369 e. The van der Waals surface area contributed by atoms with Crippen molar-refractivity contribution in [3.05, 3.63) is 6.20 Å². The predicted molar refractivity (Wildman–Crippen MR) is 98.4 cm³/mol. The summed E-state index contributed by atoms with van der Waals surface area (Å²) in [6.07, 6.45) is 7.31. The second-order valence-corrected chi connectivity index (χ2v) is 6.32. The number of carbonyl (C=O) groups is 1. The summed E-state index contributed by atoms with van der Waals surface area (Å²) < 4.78 is 1.83. The molecule has 0 aliphatic heterocycles. The second-order valence-electron chi connectivity index (χ2n) is 5.54. The van der Waals surface area contributed by atoms with Gasteiger partial charge in [-0.1, -0.05) is 32.0 Å². The summed E-state index contributed by atoms with van der Waals surface area (Å²) in [5, 5.41) is 12.3. The highest BCUT2D eigenvalue weighted by Crippen LogP contribution is 2.23. The number of amides is 1. The zero-order chi connectivity index (χ0) is 17.4. The van der Waals surface area contributed by atoms with E-state index < -0.39 is 0 Å². The summed E-state index contributed by atoms with van der Waals surface area (Å²) in [6.45, 7) is 6.20. The van der Waals surface area contributed by atoms with Gasteiger partial charge in [-0.2, -0.15) is 5.10 Å². The molecule has 132 valence electrons. The Morgan fingerprint density at radius 3 is 2.79 bits per heavy atom. The number of thioether (sulfide) groups is 1. The van der Waals surface area contributed by atoms with Gasteiger partial charge in [0.15, 0.2) is 10.8 Å². The van der Waals surface area contributed by atoms with Gasteiger partial charge >= 0.3 is 0 Å². The van der Waals surface area contributed by atoms with Crippen LogP contribution < -0.4 is 10.6 Å². The minimum Gasteiger partial charge on any atom is -0.369 e. The fourth-order valence-corrected chi connectivity index (χ4v) is 2.66. The first-order valence-corrected chi connectivity index (χ1v) is 9.70. The lowest BCUT2D eigenvalue weighted by molar-refractivity contribution is -0.121. The van der Waals surface area contributed by atoms with Crippen LogP contribution in [0.5, 0.6) is 0 Å². The first-order valence-electron chi connectivity index (χ1n) is 8.47. The number of nitrogens with one attached hydrogen (secondary N) is 2. The van der Waals surface area contributed by atoms with Crippen LogP contribution in [0.4, 0.5) is 5.82 Å². The van der Waals surface area contributed by atoms with E-state index in [0.717, 1.165) is 47.8 Å². The average molecular weight is 350 g/mol. The molecule has 0 aliphatic carbocycles. The van der Waals surface area contributed by atoms with Crippen molar-refractivity contribution in [1.29, 1.82) is 0 Å². The Kier molecular flexibility index (Phi) is 7.30. The molecule has 0 saturated carbocycles. The summed E-state index contributed by atoms with van der Waals surface area (Å²) in [4.78, 5) is 20.8. The molecule has 7 nitrogen and oxygen atoms in total. The van der Waals surface area contributed by atoms with Crippen LogP contribution in [0.25, 0.3) is 11.0 Å². The number of fused-ring (bicyclic) bond motifs is 1. The molecule has 0 radical (unpaired) electrons. The molecule has 8 heteroatoms. The number of nitrogens with zero attached hydrogens (tertiary/aromatic N) is 4. The molecule has 0 aromatic carbocycles. The van der Waals surface area contributed by atoms with Crippen molar-refractivity contribution in [2.24, 2.45) is 0 Å². The summed E-state index contributed by atoms with van der Waals surface area (Å²) in [5.74, 6) is 0.919. The summed E-state index contributed by atoms with van der Waals surface area (Å²) >= 11 is 1.51. The predicted octanol–water partition coefficient (Wildman–Crippen LogP) is 2.68. The van der Waals surface area contributed by atoms with Gasteiger partial charge in [0, 0.05) is 19.5 Å². The van der Waals surface area contributed by atoms with Gasteiger partial charge in [-0.05, 0) is 19.1 Å². The van der Waals surface area contributed by atoms with Crippen molar-refractivity contribution in [3.63, 3.8) is 0 Å². The zero-order valence-corrected chi connectivity index (χ0v) is 15.4. The second kappa shape index (κ2) is 9.46. The van der Waals surface area contributed by atoms with Crippen LogP contribution in [0.3, 0.4) is 0 Å². The van der Waals surface area contributed by atoms with Crippen LogP contribution in [0.1, 0.15) is 39.5 Å². The minimum atomic E-state index is 0.0954. The summed E-state index contributed by atoms with van der Waals surface area (Å²) in [6, 6.07) is 0. The first-order chi connectivity index (χ1) is 11.7. The van der Waals surface area contributed by atoms with Crippen molar-refractivity contribution >= 4 is 34.5 Å². The third-order valence-electron chi connectivity index (χ3n) is 3.60. The van der Waals surface area contributed by atoms with Crippen LogP contribution in [-0.2, 0) is 11.3 Å². The lowest BCUT2D eigenvalue weighted by Crippen LogP contribution is -2.27. The molecule has 0 unspecified atom stereocenters. The molecule has 0 spiro atoms. The lowest BCUT2D eigenvalue weighted by atomic mass is 10.2. The number of anilines is 1. The fraction of sp³-hybridized carbons (Fsp3) is 0.625. The van der Waals surface area contributed by atoms with Gasteiger partial charge in [-0.15, -0.1) is 0 Å². The SMILES string of the molecule is CCCCC(=O)NCCn1ncc2c(NCCC)nc(SC)nc21. The maximum absolute atomic E-state index is 11.7. The lowest BCUT2D eigenvalue weighted by Gasteiger charge is -2.08. The van der Waals surface area contributed by atoms with Gasteiger partial charge in [0.2, 0.25) is 5.91 Å². The summed E-state index contributed by atoms with van der Waals surface area (Å²) in [7, 11) is 0. The van der Waals surface area contributed by atoms with Crippen molar-refractivity contribution in [2.75, 3.05) is 24.7 Å². The average Bonchev–Trinajstić information content (AvgIpc) is 3.00. The zero-order valence-electron chi connectivity index (χ0n) is 14.6. The molecule has 24 heavy (non-hydrogen) atoms. The van der Waals surface area contributed by atoms with Crippen molar-refractivity contribution < 1.29 is 4.79 Å². The van der Waals surface area contributed by atoms with Gasteiger partial charge in [-0.3, -0.25) is 4.79 Å². The molecule has 0 saturated heterocycles. The van der Waals surface area contributed by atoms with Crippen molar-refractivity contribution in [2.45, 2.75) is 51.2 Å². The number of unbranched alkanes of at least 4 members (excludes halogenated alkanes) is 1. The summed E-state index contributed by atoms with van der Waals surface area (Å²) in [5.41, 5.74) is 0.802. The van der Waals surface area contributed by atoms with Crippen LogP contribution in [0.2, 0.25) is 0 Å². The Hall–Kier alpha value is -1.83. The highest BCUT2D eigenvalue weighted by Gasteiger charge is 2.12. The van der Waals surface area contributed by atoms with E-state index in [1.807, 2.05) is 10.9 Å². The Labute approximate surface area is 147 Å². The number of aromatic nitrogens is 4. The molecule has 2 N–H and O–H groups in total. The first kappa shape index (κ1) is 18.5. The van der Waals surface area contributed by atoms with Crippen molar-refractivity contribution in [3.8, 4) is 0 Å². The van der Waals surface area contributed by atoms with Crippen LogP contribution >= 0.6 is 11.8 Å². The van der Waals surface area contributed by atoms with E-state index in [9.17, 15) is 4.79 Å². The molecule has 0 fully saturated rings. The van der Waals surface area contributed by atoms with Gasteiger partial charge in [0.05, 0.1) is 18.1 Å². The standard InChI is InChI=1S/C16H26N6OS/c1-4-6-7-13(23)17-9-10-22-15-12(11-19-22)14(18-8-5-2)20-16(21-15)24-3/h11H,4-10H2,1-3H3,(H,17,23)(H,18,20,21). The normalized spacial score (nSPS) is 11.0. The monoisotopic (exact) mass is 350 g/mol. The third kappa shape index (κ3) is 4.83. The fourth-order valence-electron chi connectivity index (χ4n) is 2.30. The molecule has 0 atom stereocenters. The molecular formula is C16H26N6OS. The molecule has 2 aromatic heterocycles. The Balaban J connectivity index is 2.09.